The van der Waals surface area contributed by atoms with Crippen LogP contribution in [0, 0.1) is 0 Å². The zero-order chi connectivity index (χ0) is 11.4. The number of carboxylic acids is 1. The van der Waals surface area contributed by atoms with Crippen molar-refractivity contribution in [3.8, 4) is 0 Å². The Bertz CT molecular complexity index is 256. The highest BCUT2D eigenvalue weighted by Gasteiger charge is 2.36. The summed E-state index contributed by atoms with van der Waals surface area (Å²) in [6.07, 6.45) is 0. The minimum absolute atomic E-state index is 0.169. The summed E-state index contributed by atoms with van der Waals surface area (Å²) < 4.78 is 0. The fourth-order valence-corrected chi connectivity index (χ4v) is 2.65. The van der Waals surface area contributed by atoms with Gasteiger partial charge >= 0.3 is 12.0 Å². The first kappa shape index (κ1) is 12.2. The molecule has 1 aliphatic heterocycles. The van der Waals surface area contributed by atoms with E-state index < -0.39 is 12.0 Å². The smallest absolute Gasteiger partial charge is 0.327 e. The van der Waals surface area contributed by atoms with E-state index in [4.69, 9.17) is 5.11 Å². The molecule has 0 saturated carbocycles. The molecule has 0 aliphatic carbocycles. The second kappa shape index (κ2) is 5.25. The van der Waals surface area contributed by atoms with Crippen LogP contribution in [0.25, 0.3) is 0 Å². The molecule has 0 spiro atoms. The molecule has 1 aliphatic rings. The van der Waals surface area contributed by atoms with Crippen molar-refractivity contribution in [2.45, 2.75) is 19.9 Å². The van der Waals surface area contributed by atoms with Crippen molar-refractivity contribution in [3.63, 3.8) is 0 Å². The molecule has 5 nitrogen and oxygen atoms in total. The Balaban J connectivity index is 2.69. The minimum Gasteiger partial charge on any atom is -0.480 e. The van der Waals surface area contributed by atoms with Crippen LogP contribution in [0.4, 0.5) is 4.79 Å². The molecule has 1 atom stereocenters. The van der Waals surface area contributed by atoms with Crippen molar-refractivity contribution in [1.29, 1.82) is 0 Å². The molecule has 15 heavy (non-hydrogen) atoms. The number of carbonyl (C=O) groups excluding carboxylic acids is 1. The minimum atomic E-state index is -0.916. The van der Waals surface area contributed by atoms with E-state index in [9.17, 15) is 9.59 Å². The molecular weight excluding hydrogens is 216 g/mol. The van der Waals surface area contributed by atoms with Gasteiger partial charge in [-0.2, -0.15) is 0 Å². The first-order valence-corrected chi connectivity index (χ1v) is 6.13. The molecule has 1 fully saturated rings. The summed E-state index contributed by atoms with van der Waals surface area (Å²) in [5, 5.41) is 8.93. The van der Waals surface area contributed by atoms with Crippen LogP contribution in [-0.2, 0) is 4.79 Å². The van der Waals surface area contributed by atoms with Gasteiger partial charge in [0, 0.05) is 18.8 Å². The van der Waals surface area contributed by atoms with Gasteiger partial charge in [0.1, 0.15) is 6.04 Å². The number of hydrogen-bond acceptors (Lipinski definition) is 3. The van der Waals surface area contributed by atoms with Crippen LogP contribution in [0.5, 0.6) is 0 Å². The first-order valence-electron chi connectivity index (χ1n) is 4.97. The summed E-state index contributed by atoms with van der Waals surface area (Å²) in [6.45, 7) is 5.01. The SMILES string of the molecule is CCN(CC)C(=O)N1CSCC1C(=O)O. The fourth-order valence-electron chi connectivity index (χ4n) is 1.51. The highest BCUT2D eigenvalue weighted by molar-refractivity contribution is 7.99. The molecule has 2 amide bonds. The predicted octanol–water partition coefficient (Wildman–Crippen LogP) is 0.908. The van der Waals surface area contributed by atoms with Gasteiger partial charge in [-0.15, -0.1) is 11.8 Å². The van der Waals surface area contributed by atoms with E-state index in [-0.39, 0.29) is 6.03 Å². The Morgan fingerprint density at radius 1 is 1.47 bits per heavy atom. The van der Waals surface area contributed by atoms with E-state index in [1.165, 1.54) is 16.7 Å². The van der Waals surface area contributed by atoms with E-state index in [0.717, 1.165) is 0 Å². The molecule has 1 N–H and O–H groups in total. The maximum atomic E-state index is 11.9. The maximum Gasteiger partial charge on any atom is 0.327 e. The molecule has 86 valence electrons. The molecule has 0 bridgehead atoms. The molecule has 0 aromatic carbocycles. The largest absolute Gasteiger partial charge is 0.480 e. The average molecular weight is 232 g/mol. The van der Waals surface area contributed by atoms with Crippen LogP contribution in [0.1, 0.15) is 13.8 Å². The number of hydrogen-bond donors (Lipinski definition) is 1. The normalized spacial score (nSPS) is 20.4. The summed E-state index contributed by atoms with van der Waals surface area (Å²) in [4.78, 5) is 25.9. The van der Waals surface area contributed by atoms with Gasteiger partial charge in [-0.3, -0.25) is 0 Å². The number of carboxylic acid groups (broad SMARTS) is 1. The predicted molar refractivity (Wildman–Crippen MR) is 58.9 cm³/mol. The monoisotopic (exact) mass is 232 g/mol. The van der Waals surface area contributed by atoms with Gasteiger partial charge in [-0.05, 0) is 13.8 Å². The van der Waals surface area contributed by atoms with E-state index in [0.29, 0.717) is 24.7 Å². The van der Waals surface area contributed by atoms with Crippen LogP contribution in [0.15, 0.2) is 0 Å². The molecule has 1 unspecified atom stereocenters. The van der Waals surface area contributed by atoms with Crippen LogP contribution in [-0.4, -0.2) is 57.7 Å². The third-order valence-corrected chi connectivity index (χ3v) is 3.46. The van der Waals surface area contributed by atoms with Gasteiger partial charge in [-0.1, -0.05) is 0 Å². The number of nitrogens with zero attached hydrogens (tertiary/aromatic N) is 2. The second-order valence-electron chi connectivity index (χ2n) is 3.28. The Morgan fingerprint density at radius 2 is 2.07 bits per heavy atom. The number of aliphatic carboxylic acids is 1. The maximum absolute atomic E-state index is 11.9. The van der Waals surface area contributed by atoms with Gasteiger partial charge in [0.05, 0.1) is 5.88 Å². The summed E-state index contributed by atoms with van der Waals surface area (Å²) >= 11 is 1.48. The number of carbonyl (C=O) groups is 2. The molecule has 1 saturated heterocycles. The Morgan fingerprint density at radius 3 is 2.53 bits per heavy atom. The lowest BCUT2D eigenvalue weighted by atomic mass is 10.3. The van der Waals surface area contributed by atoms with Crippen molar-refractivity contribution in [3.05, 3.63) is 0 Å². The number of urea groups is 1. The van der Waals surface area contributed by atoms with Crippen molar-refractivity contribution in [2.24, 2.45) is 0 Å². The zero-order valence-electron chi connectivity index (χ0n) is 8.97. The highest BCUT2D eigenvalue weighted by atomic mass is 32.2. The molecule has 0 aromatic heterocycles. The van der Waals surface area contributed by atoms with Crippen molar-refractivity contribution in [1.82, 2.24) is 9.80 Å². The molecule has 1 rings (SSSR count). The molecular formula is C9H16N2O3S. The molecule has 0 aromatic rings. The van der Waals surface area contributed by atoms with E-state index in [1.807, 2.05) is 13.8 Å². The van der Waals surface area contributed by atoms with E-state index >= 15 is 0 Å². The summed E-state index contributed by atoms with van der Waals surface area (Å²) in [7, 11) is 0. The van der Waals surface area contributed by atoms with Gasteiger partial charge in [-0.25, -0.2) is 9.59 Å². The third-order valence-electron chi connectivity index (χ3n) is 2.45. The van der Waals surface area contributed by atoms with Crippen LogP contribution < -0.4 is 0 Å². The number of rotatable bonds is 3. The molecule has 1 heterocycles. The van der Waals surface area contributed by atoms with Crippen molar-refractivity contribution < 1.29 is 14.7 Å². The second-order valence-corrected chi connectivity index (χ2v) is 4.28. The molecule has 0 radical (unpaired) electrons. The molecule has 6 heteroatoms. The standard InChI is InChI=1S/C9H16N2O3S/c1-3-10(4-2)9(14)11-6-15-5-7(11)8(12)13/h7H,3-6H2,1-2H3,(H,12,13). The van der Waals surface area contributed by atoms with Crippen molar-refractivity contribution in [2.75, 3.05) is 24.7 Å². The zero-order valence-corrected chi connectivity index (χ0v) is 9.79. The highest BCUT2D eigenvalue weighted by Crippen LogP contribution is 2.22. The van der Waals surface area contributed by atoms with E-state index in [1.54, 1.807) is 4.90 Å². The third kappa shape index (κ3) is 2.56. The fraction of sp³-hybridized carbons (Fsp3) is 0.778. The number of thioether (sulfide) groups is 1. The van der Waals surface area contributed by atoms with Crippen LogP contribution in [0.3, 0.4) is 0 Å². The first-order chi connectivity index (χ1) is 7.11. The van der Waals surface area contributed by atoms with E-state index in [2.05, 4.69) is 0 Å². The lowest BCUT2D eigenvalue weighted by molar-refractivity contribution is -0.140. The quantitative estimate of drug-likeness (QED) is 0.785. The topological polar surface area (TPSA) is 60.9 Å². The van der Waals surface area contributed by atoms with Gasteiger partial charge in [0.2, 0.25) is 0 Å². The Labute approximate surface area is 93.4 Å². The van der Waals surface area contributed by atoms with Gasteiger partial charge < -0.3 is 14.9 Å². The van der Waals surface area contributed by atoms with Gasteiger partial charge in [0.25, 0.3) is 0 Å². The lowest BCUT2D eigenvalue weighted by Gasteiger charge is -2.27. The summed E-state index contributed by atoms with van der Waals surface area (Å²) in [5.74, 6) is 0.0507. The average Bonchev–Trinajstić information content (AvgIpc) is 2.67. The van der Waals surface area contributed by atoms with Gasteiger partial charge in [0.15, 0.2) is 0 Å². The lowest BCUT2D eigenvalue weighted by Crippen LogP contribution is -2.48. The Hall–Kier alpha value is -0.910. The van der Waals surface area contributed by atoms with Crippen molar-refractivity contribution >= 4 is 23.8 Å². The Kier molecular flexibility index (Phi) is 4.26. The van der Waals surface area contributed by atoms with Crippen LogP contribution in [0.2, 0.25) is 0 Å². The van der Waals surface area contributed by atoms with Crippen LogP contribution >= 0.6 is 11.8 Å². The number of amides is 2. The summed E-state index contributed by atoms with van der Waals surface area (Å²) in [6, 6.07) is -0.833. The summed E-state index contributed by atoms with van der Waals surface area (Å²) in [5.41, 5.74) is 0.